The van der Waals surface area contributed by atoms with Crippen LogP contribution >= 0.6 is 0 Å². The van der Waals surface area contributed by atoms with Gasteiger partial charge in [-0.1, -0.05) is 18.9 Å². The molecule has 3 rings (SSSR count). The lowest BCUT2D eigenvalue weighted by atomic mass is 10.2. The first-order valence-electron chi connectivity index (χ1n) is 10.6. The van der Waals surface area contributed by atoms with Gasteiger partial charge in [0.25, 0.3) is 5.91 Å². The van der Waals surface area contributed by atoms with Gasteiger partial charge in [-0.25, -0.2) is 8.42 Å². The Kier molecular flexibility index (Phi) is 7.88. The first-order valence-corrected chi connectivity index (χ1v) is 12.0. The third-order valence-electron chi connectivity index (χ3n) is 5.38. The van der Waals surface area contributed by atoms with Gasteiger partial charge in [-0.05, 0) is 49.6 Å². The number of sulfonamides is 1. The molecule has 0 bridgehead atoms. The number of ether oxygens (including phenoxy) is 2. The molecule has 178 valence electrons. The number of hydrogen-bond donors (Lipinski definition) is 1. The molecule has 1 amide bonds. The summed E-state index contributed by atoms with van der Waals surface area (Å²) in [5, 5.41) is 13.8. The second kappa shape index (κ2) is 10.6. The third kappa shape index (κ3) is 5.99. The van der Waals surface area contributed by atoms with Crippen molar-refractivity contribution in [3.8, 4) is 11.5 Å². The number of carbonyl (C=O) groups is 1. The summed E-state index contributed by atoms with van der Waals surface area (Å²) in [5.74, 6) is -0.373. The predicted octanol–water partition coefficient (Wildman–Crippen LogP) is 3.49. The first kappa shape index (κ1) is 24.5. The predicted molar refractivity (Wildman–Crippen MR) is 122 cm³/mol. The number of methoxy groups -OCH3 is 1. The maximum Gasteiger partial charge on any atom is 0.314 e. The largest absolute Gasteiger partial charge is 0.496 e. The van der Waals surface area contributed by atoms with Gasteiger partial charge in [0.1, 0.15) is 5.75 Å². The highest BCUT2D eigenvalue weighted by Crippen LogP contribution is 2.31. The molecule has 0 aromatic heterocycles. The summed E-state index contributed by atoms with van der Waals surface area (Å²) < 4.78 is 38.2. The van der Waals surface area contributed by atoms with Gasteiger partial charge in [-0.3, -0.25) is 14.9 Å². The van der Waals surface area contributed by atoms with Crippen molar-refractivity contribution in [1.82, 2.24) is 4.31 Å². The van der Waals surface area contributed by atoms with Crippen LogP contribution in [0.3, 0.4) is 0 Å². The average Bonchev–Trinajstić information content (AvgIpc) is 3.09. The van der Waals surface area contributed by atoms with E-state index in [1.54, 1.807) is 19.1 Å². The number of amides is 1. The molecule has 10 nitrogen and oxygen atoms in total. The smallest absolute Gasteiger partial charge is 0.314 e. The molecule has 0 saturated carbocycles. The number of nitro benzene ring substituents is 1. The van der Waals surface area contributed by atoms with Crippen molar-refractivity contribution in [2.24, 2.45) is 0 Å². The summed E-state index contributed by atoms with van der Waals surface area (Å²) in [4.78, 5) is 23.2. The molecule has 1 aliphatic heterocycles. The van der Waals surface area contributed by atoms with Crippen LogP contribution < -0.4 is 14.8 Å². The Labute approximate surface area is 192 Å². The quantitative estimate of drug-likeness (QED) is 0.455. The second-order valence-corrected chi connectivity index (χ2v) is 9.63. The summed E-state index contributed by atoms with van der Waals surface area (Å²) >= 11 is 0. The molecule has 33 heavy (non-hydrogen) atoms. The minimum absolute atomic E-state index is 0.0794. The van der Waals surface area contributed by atoms with Gasteiger partial charge in [0, 0.05) is 18.8 Å². The highest BCUT2D eigenvalue weighted by Gasteiger charge is 2.27. The fourth-order valence-electron chi connectivity index (χ4n) is 3.61. The van der Waals surface area contributed by atoms with Crippen molar-refractivity contribution in [3.63, 3.8) is 0 Å². The highest BCUT2D eigenvalue weighted by atomic mass is 32.2. The minimum Gasteiger partial charge on any atom is -0.496 e. The van der Waals surface area contributed by atoms with E-state index in [0.717, 1.165) is 25.7 Å². The van der Waals surface area contributed by atoms with Crippen LogP contribution in [0.25, 0.3) is 0 Å². The number of carbonyl (C=O) groups excluding carboxylic acids is 1. The number of benzene rings is 2. The zero-order valence-electron chi connectivity index (χ0n) is 18.6. The van der Waals surface area contributed by atoms with Crippen LogP contribution in [-0.4, -0.2) is 50.4 Å². The highest BCUT2D eigenvalue weighted by molar-refractivity contribution is 7.89. The fraction of sp³-hybridized carbons (Fsp3) is 0.409. The van der Waals surface area contributed by atoms with E-state index in [0.29, 0.717) is 24.3 Å². The van der Waals surface area contributed by atoms with E-state index in [-0.39, 0.29) is 22.1 Å². The monoisotopic (exact) mass is 477 g/mol. The number of hydrogen-bond acceptors (Lipinski definition) is 7. The lowest BCUT2D eigenvalue weighted by Crippen LogP contribution is -2.32. The SMILES string of the molecule is COc1ccc(OCC(=O)Nc2ccc(C)c(S(=O)(=O)N3CCCCCC3)c2)c([N+](=O)[O-])c1. The summed E-state index contributed by atoms with van der Waals surface area (Å²) in [5.41, 5.74) is 0.553. The number of anilines is 1. The zero-order valence-corrected chi connectivity index (χ0v) is 19.4. The lowest BCUT2D eigenvalue weighted by Gasteiger charge is -2.21. The first-order chi connectivity index (χ1) is 15.7. The van der Waals surface area contributed by atoms with E-state index >= 15 is 0 Å². The number of rotatable bonds is 8. The molecule has 2 aromatic rings. The number of nitrogens with one attached hydrogen (secondary N) is 1. The van der Waals surface area contributed by atoms with E-state index in [4.69, 9.17) is 9.47 Å². The maximum atomic E-state index is 13.2. The molecule has 11 heteroatoms. The average molecular weight is 478 g/mol. The Morgan fingerprint density at radius 2 is 1.82 bits per heavy atom. The van der Waals surface area contributed by atoms with Crippen LogP contribution in [-0.2, 0) is 14.8 Å². The van der Waals surface area contributed by atoms with Gasteiger partial charge in [0.05, 0.1) is 23.0 Å². The minimum atomic E-state index is -3.69. The lowest BCUT2D eigenvalue weighted by molar-refractivity contribution is -0.385. The molecule has 1 aliphatic rings. The fourth-order valence-corrected chi connectivity index (χ4v) is 5.37. The molecular weight excluding hydrogens is 450 g/mol. The van der Waals surface area contributed by atoms with Crippen molar-refractivity contribution in [3.05, 3.63) is 52.1 Å². The van der Waals surface area contributed by atoms with Crippen LogP contribution in [0.2, 0.25) is 0 Å². The number of nitrogens with zero attached hydrogens (tertiary/aromatic N) is 2. The van der Waals surface area contributed by atoms with Crippen LogP contribution in [0.15, 0.2) is 41.3 Å². The topological polar surface area (TPSA) is 128 Å². The van der Waals surface area contributed by atoms with Crippen molar-refractivity contribution in [1.29, 1.82) is 0 Å². The molecule has 0 atom stereocenters. The Morgan fingerprint density at radius 1 is 1.12 bits per heavy atom. The van der Waals surface area contributed by atoms with Crippen LogP contribution in [0.4, 0.5) is 11.4 Å². The van der Waals surface area contributed by atoms with Gasteiger partial charge < -0.3 is 14.8 Å². The maximum absolute atomic E-state index is 13.2. The van der Waals surface area contributed by atoms with Crippen LogP contribution in [0, 0.1) is 17.0 Å². The molecular formula is C22H27N3O7S. The Bertz CT molecular complexity index is 1130. The van der Waals surface area contributed by atoms with E-state index in [2.05, 4.69) is 5.32 Å². The molecule has 1 N–H and O–H groups in total. The number of nitro groups is 1. The van der Waals surface area contributed by atoms with Crippen molar-refractivity contribution in [2.45, 2.75) is 37.5 Å². The molecule has 1 saturated heterocycles. The summed E-state index contributed by atoms with van der Waals surface area (Å²) in [6, 6.07) is 8.71. The second-order valence-electron chi connectivity index (χ2n) is 7.73. The van der Waals surface area contributed by atoms with E-state index in [9.17, 15) is 23.3 Å². The van der Waals surface area contributed by atoms with Gasteiger partial charge in [0.2, 0.25) is 10.0 Å². The van der Waals surface area contributed by atoms with E-state index in [1.165, 1.54) is 35.7 Å². The molecule has 1 heterocycles. The molecule has 0 spiro atoms. The van der Waals surface area contributed by atoms with Gasteiger partial charge in [-0.15, -0.1) is 0 Å². The molecule has 0 radical (unpaired) electrons. The van der Waals surface area contributed by atoms with Gasteiger partial charge in [0.15, 0.2) is 12.4 Å². The van der Waals surface area contributed by atoms with Gasteiger partial charge >= 0.3 is 5.69 Å². The van der Waals surface area contributed by atoms with Crippen molar-refractivity contribution < 1.29 is 27.6 Å². The Balaban J connectivity index is 1.72. The third-order valence-corrected chi connectivity index (χ3v) is 7.42. The molecule has 2 aromatic carbocycles. The van der Waals surface area contributed by atoms with Crippen LogP contribution in [0.1, 0.15) is 31.2 Å². The Morgan fingerprint density at radius 3 is 2.45 bits per heavy atom. The van der Waals surface area contributed by atoms with Gasteiger partial charge in [-0.2, -0.15) is 4.31 Å². The Hall–Kier alpha value is -3.18. The normalized spacial score (nSPS) is 14.8. The zero-order chi connectivity index (χ0) is 24.0. The molecule has 0 unspecified atom stereocenters. The molecule has 0 aliphatic carbocycles. The van der Waals surface area contributed by atoms with E-state index < -0.39 is 27.5 Å². The van der Waals surface area contributed by atoms with Crippen LogP contribution in [0.5, 0.6) is 11.5 Å². The summed E-state index contributed by atoms with van der Waals surface area (Å²) in [6.45, 7) is 2.18. The summed E-state index contributed by atoms with van der Waals surface area (Å²) in [7, 11) is -2.30. The summed E-state index contributed by atoms with van der Waals surface area (Å²) in [6.07, 6.45) is 3.66. The molecule has 1 fully saturated rings. The van der Waals surface area contributed by atoms with Crippen molar-refractivity contribution in [2.75, 3.05) is 32.1 Å². The van der Waals surface area contributed by atoms with Crippen molar-refractivity contribution >= 4 is 27.3 Å². The van der Waals surface area contributed by atoms with E-state index in [1.807, 2.05) is 0 Å². The number of aryl methyl sites for hydroxylation is 1. The standard InChI is InChI=1S/C22H27N3O7S/c1-16-7-8-17(13-21(16)33(29,30)24-11-5-3-4-6-12-24)23-22(26)15-32-20-10-9-18(31-2)14-19(20)25(27)28/h7-10,13-14H,3-6,11-12,15H2,1-2H3,(H,23,26).